The topological polar surface area (TPSA) is 50.2 Å². The van der Waals surface area contributed by atoms with E-state index in [0.717, 1.165) is 16.9 Å². The zero-order valence-electron chi connectivity index (χ0n) is 8.48. The number of carboxylic acid groups (broad SMARTS) is 1. The number of carbonyl (C=O) groups is 1. The van der Waals surface area contributed by atoms with Gasteiger partial charge in [-0.2, -0.15) is 0 Å². The van der Waals surface area contributed by atoms with Gasteiger partial charge in [0.05, 0.1) is 11.2 Å². The zero-order valence-corrected chi connectivity index (χ0v) is 10.1. The maximum absolute atomic E-state index is 12.8. The van der Waals surface area contributed by atoms with Crippen molar-refractivity contribution in [3.63, 3.8) is 0 Å². The zero-order chi connectivity index (χ0) is 12.4. The minimum absolute atomic E-state index is 0.179. The van der Waals surface area contributed by atoms with E-state index in [1.807, 2.05) is 0 Å². The molecule has 0 atom stereocenters. The molecule has 0 bridgehead atoms. The van der Waals surface area contributed by atoms with Gasteiger partial charge in [0, 0.05) is 11.4 Å². The lowest BCUT2D eigenvalue weighted by molar-refractivity contribution is 0.0702. The van der Waals surface area contributed by atoms with Gasteiger partial charge >= 0.3 is 5.97 Å². The number of hydrogen-bond donors (Lipinski definition) is 1. The first kappa shape index (κ1) is 12.0. The second-order valence-electron chi connectivity index (χ2n) is 3.34. The second-order valence-corrected chi connectivity index (χ2v) is 4.86. The summed E-state index contributed by atoms with van der Waals surface area (Å²) in [6.45, 7) is 0. The Hall–Kier alpha value is -1.46. The van der Waals surface area contributed by atoms with Crippen molar-refractivity contribution in [2.45, 2.75) is 6.42 Å². The molecule has 2 aromatic rings. The summed E-state index contributed by atoms with van der Waals surface area (Å²) < 4.78 is 12.8. The lowest BCUT2D eigenvalue weighted by Crippen LogP contribution is -1.90. The molecule has 0 aliphatic heterocycles. The Morgan fingerprint density at radius 3 is 2.88 bits per heavy atom. The van der Waals surface area contributed by atoms with Crippen molar-refractivity contribution in [1.82, 2.24) is 4.98 Å². The Balaban J connectivity index is 2.22. The van der Waals surface area contributed by atoms with Crippen molar-refractivity contribution in [3.8, 4) is 0 Å². The molecule has 6 heteroatoms. The molecule has 0 amide bonds. The van der Waals surface area contributed by atoms with Crippen molar-refractivity contribution in [1.29, 1.82) is 0 Å². The number of carboxylic acids is 1. The smallest absolute Gasteiger partial charge is 0.347 e. The van der Waals surface area contributed by atoms with Crippen LogP contribution in [0.2, 0.25) is 5.02 Å². The molecule has 3 nitrogen and oxygen atoms in total. The highest BCUT2D eigenvalue weighted by Crippen LogP contribution is 2.22. The fraction of sp³-hybridized carbons (Fsp3) is 0.0909. The van der Waals surface area contributed by atoms with Crippen LogP contribution >= 0.6 is 22.9 Å². The fourth-order valence-electron chi connectivity index (χ4n) is 1.32. The van der Waals surface area contributed by atoms with E-state index >= 15 is 0 Å². The lowest BCUT2D eigenvalue weighted by atomic mass is 10.1. The first-order valence-corrected chi connectivity index (χ1v) is 5.87. The third-order valence-corrected chi connectivity index (χ3v) is 3.46. The minimum atomic E-state index is -1.00. The van der Waals surface area contributed by atoms with Gasteiger partial charge in [0.25, 0.3) is 0 Å². The van der Waals surface area contributed by atoms with Gasteiger partial charge in [-0.05, 0) is 17.7 Å². The SMILES string of the molecule is O=C(O)c1cnc(Cc2ccc(F)cc2Cl)s1. The first-order valence-electron chi connectivity index (χ1n) is 4.68. The number of benzene rings is 1. The second kappa shape index (κ2) is 4.81. The van der Waals surface area contributed by atoms with Gasteiger partial charge in [0.2, 0.25) is 0 Å². The highest BCUT2D eigenvalue weighted by Gasteiger charge is 2.10. The molecule has 88 valence electrons. The van der Waals surface area contributed by atoms with Crippen LogP contribution in [0.4, 0.5) is 4.39 Å². The third-order valence-electron chi connectivity index (χ3n) is 2.12. The number of halogens is 2. The van der Waals surface area contributed by atoms with Crippen LogP contribution in [-0.2, 0) is 6.42 Å². The Kier molecular flexibility index (Phi) is 3.40. The summed E-state index contributed by atoms with van der Waals surface area (Å²) >= 11 is 6.95. The molecule has 0 unspecified atom stereocenters. The monoisotopic (exact) mass is 271 g/mol. The largest absolute Gasteiger partial charge is 0.477 e. The molecule has 0 saturated carbocycles. The summed E-state index contributed by atoms with van der Waals surface area (Å²) in [5.41, 5.74) is 0.722. The van der Waals surface area contributed by atoms with Crippen molar-refractivity contribution in [3.05, 3.63) is 50.7 Å². The van der Waals surface area contributed by atoms with Crippen molar-refractivity contribution in [2.75, 3.05) is 0 Å². The summed E-state index contributed by atoms with van der Waals surface area (Å²) in [5, 5.41) is 9.70. The Labute approximate surface area is 106 Å². The maximum atomic E-state index is 12.8. The Bertz CT molecular complexity index is 570. The molecule has 2 rings (SSSR count). The number of nitrogens with zero attached hydrogens (tertiary/aromatic N) is 1. The van der Waals surface area contributed by atoms with Gasteiger partial charge < -0.3 is 5.11 Å². The average molecular weight is 272 g/mol. The van der Waals surface area contributed by atoms with Gasteiger partial charge in [-0.25, -0.2) is 14.2 Å². The minimum Gasteiger partial charge on any atom is -0.477 e. The van der Waals surface area contributed by atoms with Crippen LogP contribution in [0, 0.1) is 5.82 Å². The van der Waals surface area contributed by atoms with E-state index in [9.17, 15) is 9.18 Å². The van der Waals surface area contributed by atoms with Crippen LogP contribution in [0.1, 0.15) is 20.2 Å². The maximum Gasteiger partial charge on any atom is 0.347 e. The molecular weight excluding hydrogens is 265 g/mol. The summed E-state index contributed by atoms with van der Waals surface area (Å²) in [5.74, 6) is -1.40. The average Bonchev–Trinajstić information content (AvgIpc) is 2.71. The molecule has 0 spiro atoms. The van der Waals surface area contributed by atoms with Crippen molar-refractivity contribution < 1.29 is 14.3 Å². The number of aromatic carboxylic acids is 1. The molecule has 0 aliphatic carbocycles. The predicted molar refractivity (Wildman–Crippen MR) is 63.3 cm³/mol. The molecule has 1 aromatic heterocycles. The van der Waals surface area contributed by atoms with Gasteiger partial charge in [0.15, 0.2) is 0 Å². The van der Waals surface area contributed by atoms with Crippen LogP contribution in [0.15, 0.2) is 24.4 Å². The van der Waals surface area contributed by atoms with Gasteiger partial charge in [-0.15, -0.1) is 11.3 Å². The third kappa shape index (κ3) is 2.81. The van der Waals surface area contributed by atoms with Crippen LogP contribution in [-0.4, -0.2) is 16.1 Å². The highest BCUT2D eigenvalue weighted by atomic mass is 35.5. The number of rotatable bonds is 3. The first-order chi connectivity index (χ1) is 8.06. The summed E-state index contributed by atoms with van der Waals surface area (Å²) in [6.07, 6.45) is 1.71. The number of thiazole rings is 1. The van der Waals surface area contributed by atoms with Crippen LogP contribution in [0.25, 0.3) is 0 Å². The summed E-state index contributed by atoms with van der Waals surface area (Å²) in [4.78, 5) is 14.8. The van der Waals surface area contributed by atoms with E-state index < -0.39 is 11.8 Å². The standard InChI is InChI=1S/C11H7ClFNO2S/c12-8-4-7(13)2-1-6(8)3-10-14-5-9(17-10)11(15)16/h1-2,4-5H,3H2,(H,15,16). The van der Waals surface area contributed by atoms with Crippen LogP contribution in [0.5, 0.6) is 0 Å². The van der Waals surface area contributed by atoms with Gasteiger partial charge in [-0.1, -0.05) is 17.7 Å². The van der Waals surface area contributed by atoms with Crippen LogP contribution < -0.4 is 0 Å². The molecule has 0 aliphatic rings. The van der Waals surface area contributed by atoms with E-state index in [1.165, 1.54) is 18.3 Å². The van der Waals surface area contributed by atoms with E-state index in [2.05, 4.69) is 4.98 Å². The van der Waals surface area contributed by atoms with Gasteiger partial charge in [0.1, 0.15) is 10.7 Å². The Morgan fingerprint density at radius 1 is 1.53 bits per heavy atom. The highest BCUT2D eigenvalue weighted by molar-refractivity contribution is 7.13. The molecule has 17 heavy (non-hydrogen) atoms. The van der Waals surface area contributed by atoms with Gasteiger partial charge in [-0.3, -0.25) is 0 Å². The molecule has 1 aromatic carbocycles. The van der Waals surface area contributed by atoms with E-state index in [4.69, 9.17) is 16.7 Å². The fourth-order valence-corrected chi connectivity index (χ4v) is 2.33. The summed E-state index contributed by atoms with van der Waals surface area (Å²) in [6, 6.07) is 4.11. The van der Waals surface area contributed by atoms with Crippen molar-refractivity contribution in [2.24, 2.45) is 0 Å². The van der Waals surface area contributed by atoms with E-state index in [1.54, 1.807) is 6.07 Å². The Morgan fingerprint density at radius 2 is 2.29 bits per heavy atom. The molecule has 1 N–H and O–H groups in total. The van der Waals surface area contributed by atoms with Crippen LogP contribution in [0.3, 0.4) is 0 Å². The quantitative estimate of drug-likeness (QED) is 0.932. The lowest BCUT2D eigenvalue weighted by Gasteiger charge is -2.01. The molecule has 1 heterocycles. The normalized spacial score (nSPS) is 10.5. The molecular formula is C11H7ClFNO2S. The molecule has 0 saturated heterocycles. The number of aromatic nitrogens is 1. The summed E-state index contributed by atoms with van der Waals surface area (Å²) in [7, 11) is 0. The predicted octanol–water partition coefficient (Wildman–Crippen LogP) is 3.22. The van der Waals surface area contributed by atoms with Crippen molar-refractivity contribution >= 4 is 28.9 Å². The number of hydrogen-bond acceptors (Lipinski definition) is 3. The molecule has 0 fully saturated rings. The van der Waals surface area contributed by atoms with E-state index in [-0.39, 0.29) is 4.88 Å². The molecule has 0 radical (unpaired) electrons. The van der Waals surface area contributed by atoms with E-state index in [0.29, 0.717) is 16.5 Å².